The topological polar surface area (TPSA) is 63.2 Å². The van der Waals surface area contributed by atoms with Crippen molar-refractivity contribution in [2.24, 2.45) is 0 Å². The van der Waals surface area contributed by atoms with Gasteiger partial charge in [0.25, 0.3) is 0 Å². The summed E-state index contributed by atoms with van der Waals surface area (Å²) in [5.41, 5.74) is 2.97. The number of benzene rings is 2. The predicted molar refractivity (Wildman–Crippen MR) is 121 cm³/mol. The number of hydrogen-bond donors (Lipinski definition) is 1. The molecule has 6 nitrogen and oxygen atoms in total. The van der Waals surface area contributed by atoms with E-state index in [1.807, 2.05) is 54.6 Å². The Labute approximate surface area is 176 Å². The zero-order valence-corrected chi connectivity index (χ0v) is 17.4. The minimum absolute atomic E-state index is 0.110. The molecule has 0 saturated carbocycles. The molecule has 152 valence electrons. The van der Waals surface area contributed by atoms with Crippen LogP contribution in [0.2, 0.25) is 0 Å². The molecule has 0 aliphatic carbocycles. The van der Waals surface area contributed by atoms with E-state index in [1.54, 1.807) is 19.5 Å². The predicted octanol–water partition coefficient (Wildman–Crippen LogP) is 4.42. The van der Waals surface area contributed by atoms with Crippen molar-refractivity contribution in [3.63, 3.8) is 0 Å². The van der Waals surface area contributed by atoms with E-state index >= 15 is 0 Å². The number of hydrogen-bond acceptors (Lipinski definition) is 6. The fourth-order valence-corrected chi connectivity index (χ4v) is 3.55. The van der Waals surface area contributed by atoms with Crippen molar-refractivity contribution in [3.05, 3.63) is 78.6 Å². The molecule has 4 aromatic rings. The van der Waals surface area contributed by atoms with E-state index in [1.165, 1.54) is 0 Å². The number of nitrogens with zero attached hydrogens (tertiary/aromatic N) is 4. The highest BCUT2D eigenvalue weighted by Gasteiger charge is 2.19. The van der Waals surface area contributed by atoms with E-state index in [9.17, 15) is 0 Å². The monoisotopic (exact) mass is 399 g/mol. The first-order chi connectivity index (χ1) is 14.7. The van der Waals surface area contributed by atoms with Crippen LogP contribution in [0.4, 0.5) is 5.82 Å². The van der Waals surface area contributed by atoms with Gasteiger partial charge in [0.2, 0.25) is 0 Å². The molecule has 0 fully saturated rings. The first kappa shape index (κ1) is 19.8. The summed E-state index contributed by atoms with van der Waals surface area (Å²) in [6, 6.07) is 20.1. The minimum atomic E-state index is 0.110. The van der Waals surface area contributed by atoms with E-state index in [2.05, 4.69) is 35.4 Å². The zero-order chi connectivity index (χ0) is 20.9. The van der Waals surface area contributed by atoms with Gasteiger partial charge in [-0.25, -0.2) is 9.97 Å². The maximum Gasteiger partial charge on any atom is 0.162 e. The van der Waals surface area contributed by atoms with Gasteiger partial charge in [0.05, 0.1) is 18.7 Å². The van der Waals surface area contributed by atoms with E-state index in [0.29, 0.717) is 12.4 Å². The Bertz CT molecular complexity index is 1130. The van der Waals surface area contributed by atoms with Crippen LogP contribution in [-0.4, -0.2) is 47.6 Å². The Kier molecular flexibility index (Phi) is 5.86. The van der Waals surface area contributed by atoms with Crippen molar-refractivity contribution in [1.29, 1.82) is 0 Å². The third-order valence-corrected chi connectivity index (χ3v) is 5.13. The number of aromatic nitrogens is 3. The lowest BCUT2D eigenvalue weighted by Gasteiger charge is -2.27. The average Bonchev–Trinajstić information content (AvgIpc) is 2.79. The summed E-state index contributed by atoms with van der Waals surface area (Å²) in [4.78, 5) is 15.9. The molecule has 0 aliphatic rings. The smallest absolute Gasteiger partial charge is 0.162 e. The fraction of sp³-hybridized carbons (Fsp3) is 0.208. The second kappa shape index (κ2) is 8.88. The third kappa shape index (κ3) is 4.09. The fourth-order valence-electron chi connectivity index (χ4n) is 3.55. The Balaban J connectivity index is 1.70. The molecule has 1 N–H and O–H groups in total. The number of anilines is 1. The minimum Gasteiger partial charge on any atom is -0.496 e. The van der Waals surface area contributed by atoms with Gasteiger partial charge in [-0.2, -0.15) is 0 Å². The molecule has 0 radical (unpaired) electrons. The van der Waals surface area contributed by atoms with E-state index in [4.69, 9.17) is 14.7 Å². The molecule has 30 heavy (non-hydrogen) atoms. The first-order valence-electron chi connectivity index (χ1n) is 9.88. The molecule has 0 bridgehead atoms. The van der Waals surface area contributed by atoms with Gasteiger partial charge in [-0.3, -0.25) is 4.98 Å². The SMILES string of the molecule is COc1ccccc1[C@H](CNc1nc(-c2ccncc2)nc2ccccc12)N(C)C. The normalized spacial score (nSPS) is 12.1. The molecule has 0 amide bonds. The van der Waals surface area contributed by atoms with Crippen LogP contribution in [0, 0.1) is 0 Å². The highest BCUT2D eigenvalue weighted by molar-refractivity contribution is 5.90. The van der Waals surface area contributed by atoms with Crippen LogP contribution in [0.15, 0.2) is 73.1 Å². The van der Waals surface area contributed by atoms with Crippen molar-refractivity contribution in [2.45, 2.75) is 6.04 Å². The lowest BCUT2D eigenvalue weighted by atomic mass is 10.0. The van der Waals surface area contributed by atoms with Crippen molar-refractivity contribution in [3.8, 4) is 17.1 Å². The number of pyridine rings is 1. The molecule has 0 saturated heterocycles. The van der Waals surface area contributed by atoms with Gasteiger partial charge in [0.1, 0.15) is 11.6 Å². The summed E-state index contributed by atoms with van der Waals surface area (Å²) in [7, 11) is 5.84. The molecule has 0 aliphatic heterocycles. The largest absolute Gasteiger partial charge is 0.496 e. The van der Waals surface area contributed by atoms with Crippen LogP contribution < -0.4 is 10.1 Å². The highest BCUT2D eigenvalue weighted by Crippen LogP contribution is 2.30. The van der Waals surface area contributed by atoms with Crippen LogP contribution in [0.25, 0.3) is 22.3 Å². The quantitative estimate of drug-likeness (QED) is 0.496. The summed E-state index contributed by atoms with van der Waals surface area (Å²) < 4.78 is 5.59. The standard InChI is InChI=1S/C24H25N5O/c1-29(2)21(19-9-5-7-11-22(19)30-3)16-26-24-18-8-4-6-10-20(18)27-23(28-24)17-12-14-25-15-13-17/h4-15,21H,16H2,1-3H3,(H,26,27,28)/t21-/m0/s1. The molecule has 0 spiro atoms. The zero-order valence-electron chi connectivity index (χ0n) is 17.4. The summed E-state index contributed by atoms with van der Waals surface area (Å²) in [6.45, 7) is 0.671. The Morgan fingerprint density at radius 2 is 1.67 bits per heavy atom. The first-order valence-corrected chi connectivity index (χ1v) is 9.88. The molecule has 0 unspecified atom stereocenters. The second-order valence-electron chi connectivity index (χ2n) is 7.25. The Morgan fingerprint density at radius 1 is 0.933 bits per heavy atom. The van der Waals surface area contributed by atoms with Crippen molar-refractivity contribution in [1.82, 2.24) is 19.9 Å². The molecule has 2 aromatic heterocycles. The number of para-hydroxylation sites is 2. The van der Waals surface area contributed by atoms with Crippen molar-refractivity contribution in [2.75, 3.05) is 33.1 Å². The number of fused-ring (bicyclic) bond motifs is 1. The molecule has 6 heteroatoms. The molecule has 2 heterocycles. The summed E-state index contributed by atoms with van der Waals surface area (Å²) in [5, 5.41) is 4.56. The van der Waals surface area contributed by atoms with Crippen LogP contribution >= 0.6 is 0 Å². The number of likely N-dealkylation sites (N-methyl/N-ethyl adjacent to an activating group) is 1. The maximum atomic E-state index is 5.59. The Morgan fingerprint density at radius 3 is 2.43 bits per heavy atom. The molecule has 1 atom stereocenters. The molecular formula is C24H25N5O. The number of ether oxygens (including phenoxy) is 1. The summed E-state index contributed by atoms with van der Waals surface area (Å²) >= 11 is 0. The summed E-state index contributed by atoms with van der Waals surface area (Å²) in [6.07, 6.45) is 3.51. The van der Waals surface area contributed by atoms with Gasteiger partial charge >= 0.3 is 0 Å². The van der Waals surface area contributed by atoms with Crippen LogP contribution in [-0.2, 0) is 0 Å². The maximum absolute atomic E-state index is 5.59. The average molecular weight is 399 g/mol. The van der Waals surface area contributed by atoms with Crippen molar-refractivity contribution < 1.29 is 4.74 Å². The highest BCUT2D eigenvalue weighted by atomic mass is 16.5. The van der Waals surface area contributed by atoms with Gasteiger partial charge in [-0.1, -0.05) is 30.3 Å². The van der Waals surface area contributed by atoms with E-state index < -0.39 is 0 Å². The van der Waals surface area contributed by atoms with Crippen LogP contribution in [0.3, 0.4) is 0 Å². The van der Waals surface area contributed by atoms with Gasteiger partial charge in [0.15, 0.2) is 5.82 Å². The Hall–Kier alpha value is -3.51. The lowest BCUT2D eigenvalue weighted by Crippen LogP contribution is -2.27. The molecular weight excluding hydrogens is 374 g/mol. The molecule has 2 aromatic carbocycles. The second-order valence-corrected chi connectivity index (χ2v) is 7.25. The lowest BCUT2D eigenvalue weighted by molar-refractivity contribution is 0.300. The van der Waals surface area contributed by atoms with Gasteiger partial charge < -0.3 is 15.0 Å². The van der Waals surface area contributed by atoms with Gasteiger partial charge in [0, 0.05) is 35.5 Å². The van der Waals surface area contributed by atoms with E-state index in [-0.39, 0.29) is 6.04 Å². The van der Waals surface area contributed by atoms with Gasteiger partial charge in [-0.15, -0.1) is 0 Å². The van der Waals surface area contributed by atoms with Gasteiger partial charge in [-0.05, 0) is 44.4 Å². The van der Waals surface area contributed by atoms with Crippen molar-refractivity contribution >= 4 is 16.7 Å². The van der Waals surface area contributed by atoms with Crippen LogP contribution in [0.1, 0.15) is 11.6 Å². The van der Waals surface area contributed by atoms with E-state index in [0.717, 1.165) is 33.6 Å². The number of nitrogens with one attached hydrogen (secondary N) is 1. The third-order valence-electron chi connectivity index (χ3n) is 5.13. The number of rotatable bonds is 7. The van der Waals surface area contributed by atoms with Crippen LogP contribution in [0.5, 0.6) is 5.75 Å². The molecule has 4 rings (SSSR count). The number of methoxy groups -OCH3 is 1. The summed E-state index contributed by atoms with van der Waals surface area (Å²) in [5.74, 6) is 2.37.